The van der Waals surface area contributed by atoms with Gasteiger partial charge in [-0.3, -0.25) is 0 Å². The molecule has 1 aliphatic rings. The highest BCUT2D eigenvalue weighted by Crippen LogP contribution is 2.30. The highest BCUT2D eigenvalue weighted by molar-refractivity contribution is 7.10. The Hall–Kier alpha value is -1.03. The normalized spacial score (nSPS) is 14.6. The summed E-state index contributed by atoms with van der Waals surface area (Å²) in [6, 6.07) is 10.4. The quantitative estimate of drug-likeness (QED) is 0.907. The Balaban J connectivity index is 0.00000108. The van der Waals surface area contributed by atoms with Gasteiger partial charge in [0.15, 0.2) is 0 Å². The molecule has 0 amide bonds. The molecule has 1 aliphatic heterocycles. The maximum atomic E-state index is 6.22. The molecular formula is C13H14ClNOS. The number of ether oxygens (including phenoxy) is 1. The van der Waals surface area contributed by atoms with E-state index in [1.165, 1.54) is 16.0 Å². The van der Waals surface area contributed by atoms with Crippen LogP contribution < -0.4 is 10.5 Å². The van der Waals surface area contributed by atoms with Crippen molar-refractivity contribution in [2.24, 2.45) is 5.73 Å². The molecule has 2 aromatic rings. The first kappa shape index (κ1) is 12.4. The van der Waals surface area contributed by atoms with E-state index in [2.05, 4.69) is 23.6 Å². The van der Waals surface area contributed by atoms with E-state index in [1.807, 2.05) is 12.1 Å². The fraction of sp³-hybridized carbons (Fsp3) is 0.231. The number of fused-ring (bicyclic) bond motifs is 1. The summed E-state index contributed by atoms with van der Waals surface area (Å²) in [5, 5.41) is 2.06. The molecule has 2 N–H and O–H groups in total. The highest BCUT2D eigenvalue weighted by Gasteiger charge is 2.16. The smallest absolute Gasteiger partial charge is 0.122 e. The van der Waals surface area contributed by atoms with E-state index in [9.17, 15) is 0 Å². The van der Waals surface area contributed by atoms with Crippen LogP contribution in [0.3, 0.4) is 0 Å². The number of nitrogens with two attached hydrogens (primary N) is 1. The van der Waals surface area contributed by atoms with Gasteiger partial charge in [-0.25, -0.2) is 0 Å². The zero-order chi connectivity index (χ0) is 11.0. The number of hydrogen-bond acceptors (Lipinski definition) is 3. The van der Waals surface area contributed by atoms with Crippen LogP contribution in [0.25, 0.3) is 0 Å². The van der Waals surface area contributed by atoms with E-state index >= 15 is 0 Å². The van der Waals surface area contributed by atoms with Crippen LogP contribution in [-0.2, 0) is 6.42 Å². The molecule has 0 unspecified atom stereocenters. The zero-order valence-electron chi connectivity index (χ0n) is 9.26. The van der Waals surface area contributed by atoms with Gasteiger partial charge in [-0.2, -0.15) is 0 Å². The summed E-state index contributed by atoms with van der Waals surface area (Å²) < 4.78 is 5.49. The molecule has 1 aromatic heterocycles. The largest absolute Gasteiger partial charge is 0.493 e. The second kappa shape index (κ2) is 5.08. The number of thiophene rings is 1. The van der Waals surface area contributed by atoms with Crippen LogP contribution in [0.4, 0.5) is 0 Å². The molecular weight excluding hydrogens is 254 g/mol. The molecule has 2 nitrogen and oxygen atoms in total. The number of hydrogen-bond donors (Lipinski definition) is 1. The predicted octanol–water partition coefficient (Wildman–Crippen LogP) is 3.15. The van der Waals surface area contributed by atoms with Crippen molar-refractivity contribution in [3.8, 4) is 5.75 Å². The molecule has 0 spiro atoms. The molecule has 2 heterocycles. The first-order valence-corrected chi connectivity index (χ1v) is 6.27. The molecule has 0 radical (unpaired) electrons. The molecule has 0 bridgehead atoms. The van der Waals surface area contributed by atoms with Gasteiger partial charge in [0.2, 0.25) is 0 Å². The molecule has 3 rings (SSSR count). The number of rotatable bonds is 2. The van der Waals surface area contributed by atoms with E-state index in [0.717, 1.165) is 18.8 Å². The van der Waals surface area contributed by atoms with E-state index < -0.39 is 0 Å². The lowest BCUT2D eigenvalue weighted by Crippen LogP contribution is -2.10. The summed E-state index contributed by atoms with van der Waals surface area (Å²) in [6.07, 6.45) is 1.00. The predicted molar refractivity (Wildman–Crippen MR) is 73.2 cm³/mol. The Morgan fingerprint density at radius 2 is 2.18 bits per heavy atom. The van der Waals surface area contributed by atoms with Crippen molar-refractivity contribution in [2.45, 2.75) is 12.5 Å². The van der Waals surface area contributed by atoms with Gasteiger partial charge in [-0.1, -0.05) is 18.2 Å². The molecule has 90 valence electrons. The Kier molecular flexibility index (Phi) is 3.72. The van der Waals surface area contributed by atoms with Crippen LogP contribution in [0.15, 0.2) is 35.7 Å². The van der Waals surface area contributed by atoms with E-state index in [0.29, 0.717) is 0 Å². The second-order valence-electron chi connectivity index (χ2n) is 3.96. The average Bonchev–Trinajstić information content (AvgIpc) is 2.98. The van der Waals surface area contributed by atoms with Crippen molar-refractivity contribution in [1.29, 1.82) is 0 Å². The third kappa shape index (κ3) is 2.32. The molecule has 17 heavy (non-hydrogen) atoms. The number of halogens is 1. The summed E-state index contributed by atoms with van der Waals surface area (Å²) in [6.45, 7) is 0.799. The second-order valence-corrected chi connectivity index (χ2v) is 4.94. The Morgan fingerprint density at radius 3 is 2.94 bits per heavy atom. The van der Waals surface area contributed by atoms with Crippen molar-refractivity contribution in [3.05, 3.63) is 51.7 Å². The molecule has 1 atom stereocenters. The minimum atomic E-state index is -0.00843. The summed E-state index contributed by atoms with van der Waals surface area (Å²) >= 11 is 1.70. The average molecular weight is 268 g/mol. The van der Waals surface area contributed by atoms with Crippen molar-refractivity contribution in [1.82, 2.24) is 0 Å². The lowest BCUT2D eigenvalue weighted by molar-refractivity contribution is 0.357. The monoisotopic (exact) mass is 267 g/mol. The number of benzene rings is 1. The summed E-state index contributed by atoms with van der Waals surface area (Å²) in [5.74, 6) is 1.02. The van der Waals surface area contributed by atoms with Gasteiger partial charge in [0, 0.05) is 11.3 Å². The summed E-state index contributed by atoms with van der Waals surface area (Å²) in [7, 11) is 0. The van der Waals surface area contributed by atoms with Crippen LogP contribution in [-0.4, -0.2) is 6.61 Å². The van der Waals surface area contributed by atoms with Gasteiger partial charge < -0.3 is 10.5 Å². The third-order valence-electron chi connectivity index (χ3n) is 2.92. The standard InChI is InChI=1S/C13H13NOS.ClH/c14-13(12-2-1-7-16-12)10-3-4-11-9(8-10)5-6-15-11;/h1-4,7-8,13H,5-6,14H2;1H/t13-;/m0./s1. The van der Waals surface area contributed by atoms with Crippen molar-refractivity contribution < 1.29 is 4.74 Å². The maximum absolute atomic E-state index is 6.22. The minimum Gasteiger partial charge on any atom is -0.493 e. The first-order chi connectivity index (χ1) is 7.84. The molecule has 1 aromatic carbocycles. The van der Waals surface area contributed by atoms with Gasteiger partial charge >= 0.3 is 0 Å². The molecule has 0 saturated heterocycles. The molecule has 0 aliphatic carbocycles. The Labute approximate surface area is 111 Å². The van der Waals surface area contributed by atoms with Crippen LogP contribution in [0.1, 0.15) is 22.0 Å². The van der Waals surface area contributed by atoms with Gasteiger partial charge in [0.1, 0.15) is 5.75 Å². The Morgan fingerprint density at radius 1 is 1.29 bits per heavy atom. The van der Waals surface area contributed by atoms with Gasteiger partial charge in [0.25, 0.3) is 0 Å². The summed E-state index contributed by atoms with van der Waals surface area (Å²) in [5.41, 5.74) is 8.68. The van der Waals surface area contributed by atoms with Gasteiger partial charge in [0.05, 0.1) is 12.6 Å². The lowest BCUT2D eigenvalue weighted by atomic mass is 10.0. The molecule has 4 heteroatoms. The maximum Gasteiger partial charge on any atom is 0.122 e. The van der Waals surface area contributed by atoms with Crippen LogP contribution >= 0.6 is 23.7 Å². The zero-order valence-corrected chi connectivity index (χ0v) is 10.9. The van der Waals surface area contributed by atoms with Crippen molar-refractivity contribution in [3.63, 3.8) is 0 Å². The topological polar surface area (TPSA) is 35.2 Å². The minimum absolute atomic E-state index is 0. The van der Waals surface area contributed by atoms with E-state index in [1.54, 1.807) is 11.3 Å². The fourth-order valence-electron chi connectivity index (χ4n) is 2.03. The van der Waals surface area contributed by atoms with Gasteiger partial charge in [-0.15, -0.1) is 23.7 Å². The lowest BCUT2D eigenvalue weighted by Gasteiger charge is -2.11. The fourth-order valence-corrected chi connectivity index (χ4v) is 2.79. The van der Waals surface area contributed by atoms with Crippen LogP contribution in [0.2, 0.25) is 0 Å². The summed E-state index contributed by atoms with van der Waals surface area (Å²) in [4.78, 5) is 1.21. The molecule has 0 fully saturated rings. The van der Waals surface area contributed by atoms with Crippen LogP contribution in [0.5, 0.6) is 5.75 Å². The SMILES string of the molecule is Cl.N[C@@H](c1ccc2c(c1)CCO2)c1cccs1. The Bertz CT molecular complexity index is 498. The van der Waals surface area contributed by atoms with Crippen molar-refractivity contribution >= 4 is 23.7 Å². The van der Waals surface area contributed by atoms with Crippen molar-refractivity contribution in [2.75, 3.05) is 6.61 Å². The van der Waals surface area contributed by atoms with E-state index in [-0.39, 0.29) is 18.4 Å². The van der Waals surface area contributed by atoms with Crippen LogP contribution in [0, 0.1) is 0 Å². The third-order valence-corrected chi connectivity index (χ3v) is 3.88. The first-order valence-electron chi connectivity index (χ1n) is 5.39. The molecule has 0 saturated carbocycles. The highest BCUT2D eigenvalue weighted by atomic mass is 35.5. The van der Waals surface area contributed by atoms with Gasteiger partial charge in [-0.05, 0) is 28.6 Å². The van der Waals surface area contributed by atoms with E-state index in [4.69, 9.17) is 10.5 Å².